The second kappa shape index (κ2) is 6.92. The Morgan fingerprint density at radius 2 is 1.54 bits per heavy atom. The molecule has 0 spiro atoms. The summed E-state index contributed by atoms with van der Waals surface area (Å²) in [6.45, 7) is 4.45. The molecule has 0 bridgehead atoms. The maximum Gasteiger partial charge on any atom is 0.287 e. The summed E-state index contributed by atoms with van der Waals surface area (Å²) < 4.78 is 20.8. The third-order valence-electron chi connectivity index (χ3n) is 6.06. The Morgan fingerprint density at radius 1 is 1.04 bits per heavy atom. The molecule has 2 fully saturated rings. The van der Waals surface area contributed by atoms with Crippen molar-refractivity contribution in [3.05, 3.63) is 35.9 Å². The van der Waals surface area contributed by atoms with Crippen LogP contribution in [0.2, 0.25) is 0 Å². The number of hydrogen-bond donors (Lipinski definition) is 0. The van der Waals surface area contributed by atoms with Crippen LogP contribution in [0.4, 0.5) is 0 Å². The van der Waals surface area contributed by atoms with E-state index in [0.29, 0.717) is 18.0 Å². The maximum absolute atomic E-state index is 14.2. The van der Waals surface area contributed by atoms with Crippen molar-refractivity contribution >= 4 is 7.59 Å². The van der Waals surface area contributed by atoms with Crippen LogP contribution < -0.4 is 0 Å². The van der Waals surface area contributed by atoms with Gasteiger partial charge in [-0.3, -0.25) is 4.57 Å². The Kier molecular flexibility index (Phi) is 5.22. The highest BCUT2D eigenvalue weighted by molar-refractivity contribution is 7.56. The monoisotopic (exact) mass is 349 g/mol. The fourth-order valence-corrected chi connectivity index (χ4v) is 8.23. The van der Waals surface area contributed by atoms with Crippen LogP contribution in [0.1, 0.15) is 51.1 Å². The van der Waals surface area contributed by atoms with Crippen LogP contribution in [-0.4, -0.2) is 47.2 Å². The van der Waals surface area contributed by atoms with Crippen LogP contribution in [0.3, 0.4) is 0 Å². The standard InChI is InChI=1S/C19H32N3OP/c1-15(2)19(16-11-7-6-8-12-16)22(5)24(23)20(3)17-13-9-10-14-18(17)21(24)4/h6-8,11-12,15,17-19H,9-10,13-14H2,1-5H3/t17-,18-,19?/m1/s1. The van der Waals surface area contributed by atoms with Gasteiger partial charge < -0.3 is 0 Å². The van der Waals surface area contributed by atoms with Crippen molar-refractivity contribution in [2.75, 3.05) is 21.1 Å². The van der Waals surface area contributed by atoms with E-state index in [1.165, 1.54) is 31.2 Å². The highest BCUT2D eigenvalue weighted by Crippen LogP contribution is 2.66. The van der Waals surface area contributed by atoms with Crippen LogP contribution in [0, 0.1) is 5.92 Å². The van der Waals surface area contributed by atoms with Crippen molar-refractivity contribution < 1.29 is 4.57 Å². The molecule has 1 heterocycles. The van der Waals surface area contributed by atoms with Crippen LogP contribution in [0.25, 0.3) is 0 Å². The van der Waals surface area contributed by atoms with Crippen LogP contribution in [-0.2, 0) is 4.57 Å². The molecule has 0 radical (unpaired) electrons. The van der Waals surface area contributed by atoms with Gasteiger partial charge in [0.25, 0.3) is 7.59 Å². The van der Waals surface area contributed by atoms with Gasteiger partial charge in [0.15, 0.2) is 0 Å². The second-order valence-corrected chi connectivity index (χ2v) is 10.7. The highest BCUT2D eigenvalue weighted by atomic mass is 31.2. The van der Waals surface area contributed by atoms with Gasteiger partial charge in [-0.05, 0) is 45.5 Å². The van der Waals surface area contributed by atoms with E-state index in [0.717, 1.165) is 0 Å². The zero-order valence-electron chi connectivity index (χ0n) is 15.7. The number of nitrogens with zero attached hydrogens (tertiary/aromatic N) is 3. The summed E-state index contributed by atoms with van der Waals surface area (Å²) in [5.74, 6) is 0.396. The average Bonchev–Trinajstić information content (AvgIpc) is 2.79. The van der Waals surface area contributed by atoms with Crippen molar-refractivity contribution in [2.24, 2.45) is 5.92 Å². The molecule has 4 nitrogen and oxygen atoms in total. The molecule has 1 saturated heterocycles. The van der Waals surface area contributed by atoms with Gasteiger partial charge in [0, 0.05) is 18.1 Å². The van der Waals surface area contributed by atoms with Gasteiger partial charge in [-0.1, -0.05) is 57.0 Å². The minimum atomic E-state index is -2.72. The Balaban J connectivity index is 1.97. The van der Waals surface area contributed by atoms with Gasteiger partial charge in [-0.15, -0.1) is 0 Å². The normalized spacial score (nSPS) is 29.1. The van der Waals surface area contributed by atoms with Gasteiger partial charge in [0.2, 0.25) is 0 Å². The highest BCUT2D eigenvalue weighted by Gasteiger charge is 2.55. The third kappa shape index (κ3) is 2.78. The molecule has 2 aliphatic rings. The summed E-state index contributed by atoms with van der Waals surface area (Å²) in [6.07, 6.45) is 4.85. The Hall–Kier alpha value is -0.670. The van der Waals surface area contributed by atoms with E-state index >= 15 is 0 Å². The molecule has 1 saturated carbocycles. The SMILES string of the molecule is CC(C)C(c1ccccc1)N(C)P1(=O)N(C)[C@@H]2CCCC[C@H]2N1C. The van der Waals surface area contributed by atoms with Gasteiger partial charge in [0.05, 0.1) is 0 Å². The lowest BCUT2D eigenvalue weighted by atomic mass is 9.91. The molecule has 0 amide bonds. The quantitative estimate of drug-likeness (QED) is 0.742. The molecule has 3 atom stereocenters. The number of rotatable bonds is 4. The van der Waals surface area contributed by atoms with Gasteiger partial charge in [-0.2, -0.15) is 0 Å². The smallest absolute Gasteiger partial charge is 0.270 e. The van der Waals surface area contributed by atoms with Crippen molar-refractivity contribution in [2.45, 2.75) is 57.7 Å². The predicted octanol–water partition coefficient (Wildman–Crippen LogP) is 4.61. The predicted molar refractivity (Wildman–Crippen MR) is 101 cm³/mol. The van der Waals surface area contributed by atoms with Gasteiger partial charge in [0.1, 0.15) is 0 Å². The maximum atomic E-state index is 14.2. The Bertz CT molecular complexity index is 584. The third-order valence-corrected chi connectivity index (χ3v) is 9.37. The topological polar surface area (TPSA) is 26.8 Å². The molecule has 3 rings (SSSR count). The fraction of sp³-hybridized carbons (Fsp3) is 0.684. The van der Waals surface area contributed by atoms with E-state index in [1.54, 1.807) is 0 Å². The Labute approximate surface area is 147 Å². The first-order valence-corrected chi connectivity index (χ1v) is 10.8. The lowest BCUT2D eigenvalue weighted by Gasteiger charge is -2.41. The minimum Gasteiger partial charge on any atom is -0.270 e. The Morgan fingerprint density at radius 3 is 2.00 bits per heavy atom. The molecule has 1 aromatic carbocycles. The van der Waals surface area contributed by atoms with Crippen LogP contribution in [0.5, 0.6) is 0 Å². The minimum absolute atomic E-state index is 0.155. The molecule has 0 aromatic heterocycles. The van der Waals surface area contributed by atoms with E-state index in [-0.39, 0.29) is 6.04 Å². The van der Waals surface area contributed by atoms with Crippen molar-refractivity contribution in [1.29, 1.82) is 0 Å². The first-order chi connectivity index (χ1) is 11.4. The molecular formula is C19H32N3OP. The van der Waals surface area contributed by atoms with E-state index in [1.807, 2.05) is 6.07 Å². The lowest BCUT2D eigenvalue weighted by molar-refractivity contribution is 0.233. The number of fused-ring (bicyclic) bond motifs is 1. The van der Waals surface area contributed by atoms with E-state index in [4.69, 9.17) is 0 Å². The van der Waals surface area contributed by atoms with Crippen molar-refractivity contribution in [1.82, 2.24) is 14.0 Å². The van der Waals surface area contributed by atoms with E-state index in [2.05, 4.69) is 73.3 Å². The zero-order valence-corrected chi connectivity index (χ0v) is 16.6. The van der Waals surface area contributed by atoms with E-state index < -0.39 is 7.59 Å². The second-order valence-electron chi connectivity index (χ2n) is 7.75. The summed E-state index contributed by atoms with van der Waals surface area (Å²) in [6, 6.07) is 11.5. The summed E-state index contributed by atoms with van der Waals surface area (Å²) in [5, 5.41) is 0. The molecule has 1 aliphatic carbocycles. The number of hydrogen-bond acceptors (Lipinski definition) is 1. The summed E-state index contributed by atoms with van der Waals surface area (Å²) in [7, 11) is 3.49. The zero-order chi connectivity index (χ0) is 17.5. The fourth-order valence-electron chi connectivity index (χ4n) is 4.86. The average molecular weight is 349 g/mol. The summed E-state index contributed by atoms with van der Waals surface area (Å²) in [5.41, 5.74) is 1.25. The molecule has 24 heavy (non-hydrogen) atoms. The van der Waals surface area contributed by atoms with E-state index in [9.17, 15) is 4.57 Å². The molecule has 1 aromatic rings. The number of benzene rings is 1. The molecular weight excluding hydrogens is 317 g/mol. The molecule has 0 N–H and O–H groups in total. The van der Waals surface area contributed by atoms with Crippen LogP contribution in [0.15, 0.2) is 30.3 Å². The summed E-state index contributed by atoms with van der Waals surface area (Å²) in [4.78, 5) is 0. The van der Waals surface area contributed by atoms with Crippen molar-refractivity contribution in [3.63, 3.8) is 0 Å². The number of likely N-dealkylation sites (N-methyl/N-ethyl adjacent to an activating group) is 2. The first kappa shape index (κ1) is 18.1. The van der Waals surface area contributed by atoms with Crippen molar-refractivity contribution in [3.8, 4) is 0 Å². The molecule has 1 unspecified atom stereocenters. The van der Waals surface area contributed by atoms with Gasteiger partial charge >= 0.3 is 0 Å². The van der Waals surface area contributed by atoms with Gasteiger partial charge in [-0.25, -0.2) is 14.0 Å². The molecule has 1 aliphatic heterocycles. The van der Waals surface area contributed by atoms with Crippen LogP contribution >= 0.6 is 7.59 Å². The largest absolute Gasteiger partial charge is 0.287 e. The lowest BCUT2D eigenvalue weighted by Crippen LogP contribution is -2.37. The molecule has 134 valence electrons. The first-order valence-electron chi connectivity index (χ1n) is 9.24. The summed E-state index contributed by atoms with van der Waals surface area (Å²) >= 11 is 0. The molecule has 5 heteroatoms.